The number of halogens is 2. The monoisotopic (exact) mass is 458 g/mol. The van der Waals surface area contributed by atoms with Gasteiger partial charge in [0, 0.05) is 28.0 Å². The summed E-state index contributed by atoms with van der Waals surface area (Å²) in [6.45, 7) is 5.19. The first-order valence-corrected chi connectivity index (χ1v) is 11.1. The number of hydrogen-bond acceptors (Lipinski definition) is 6. The van der Waals surface area contributed by atoms with E-state index in [-0.39, 0.29) is 11.1 Å². The first-order valence-electron chi connectivity index (χ1n) is 8.53. The van der Waals surface area contributed by atoms with Crippen molar-refractivity contribution in [3.05, 3.63) is 59.2 Å². The molecule has 0 radical (unpaired) electrons. The van der Waals surface area contributed by atoms with Crippen molar-refractivity contribution in [1.82, 2.24) is 0 Å². The number of amides is 1. The Morgan fingerprint density at radius 2 is 1.86 bits per heavy atom. The van der Waals surface area contributed by atoms with Gasteiger partial charge in [-0.1, -0.05) is 30.3 Å². The zero-order chi connectivity index (χ0) is 22.0. The van der Waals surface area contributed by atoms with E-state index < -0.39 is 18.1 Å². The molecule has 4 nitrogen and oxygen atoms in total. The van der Waals surface area contributed by atoms with Gasteiger partial charge < -0.3 is 10.1 Å². The second-order valence-corrected chi connectivity index (χ2v) is 7.85. The summed E-state index contributed by atoms with van der Waals surface area (Å²) in [6, 6.07) is 12.1. The lowest BCUT2D eigenvalue weighted by atomic mass is 10.1. The van der Waals surface area contributed by atoms with E-state index in [4.69, 9.17) is 10.1 Å². The summed E-state index contributed by atoms with van der Waals surface area (Å²) in [6.07, 6.45) is -2.42. The summed E-state index contributed by atoms with van der Waals surface area (Å²) in [5.74, 6) is 0.536. The number of hydrogen-bond donors (Lipinski definition) is 4. The smallest absolute Gasteiger partial charge is 0.412 e. The molecule has 0 aliphatic rings. The van der Waals surface area contributed by atoms with Crippen LogP contribution >= 0.6 is 35.1 Å². The maximum absolute atomic E-state index is 13.2. The van der Waals surface area contributed by atoms with E-state index in [9.17, 15) is 13.6 Å². The Bertz CT molecular complexity index is 813. The van der Waals surface area contributed by atoms with Crippen molar-refractivity contribution in [1.29, 1.82) is 5.41 Å². The number of carbonyl (C=O) groups excluding carboxylic acids is 1. The van der Waals surface area contributed by atoms with Crippen molar-refractivity contribution < 1.29 is 18.3 Å². The maximum Gasteiger partial charge on any atom is 0.412 e. The zero-order valence-electron chi connectivity index (χ0n) is 16.3. The lowest BCUT2D eigenvalue weighted by molar-refractivity contribution is 0.0635. The third kappa shape index (κ3) is 8.67. The highest BCUT2D eigenvalue weighted by atomic mass is 33.1. The summed E-state index contributed by atoms with van der Waals surface area (Å²) in [4.78, 5) is 12.6. The van der Waals surface area contributed by atoms with E-state index in [1.54, 1.807) is 20.8 Å². The van der Waals surface area contributed by atoms with Gasteiger partial charge in [0.25, 0.3) is 6.43 Å². The lowest BCUT2D eigenvalue weighted by Gasteiger charge is -2.21. The average Bonchev–Trinajstić information content (AvgIpc) is 2.67. The fraction of sp³-hybridized carbons (Fsp3) is 0.300. The molecule has 0 bridgehead atoms. The highest BCUT2D eigenvalue weighted by molar-refractivity contribution is 8.59. The molecule has 158 valence electrons. The van der Waals surface area contributed by atoms with Crippen LogP contribution < -0.4 is 5.32 Å². The number of anilines is 1. The third-order valence-electron chi connectivity index (χ3n) is 3.43. The molecule has 2 N–H and O–H groups in total. The summed E-state index contributed by atoms with van der Waals surface area (Å²) in [7, 11) is 0. The fourth-order valence-electron chi connectivity index (χ4n) is 2.29. The van der Waals surface area contributed by atoms with Gasteiger partial charge in [-0.05, 0) is 38.5 Å². The van der Waals surface area contributed by atoms with E-state index in [2.05, 4.69) is 28.6 Å². The fourth-order valence-corrected chi connectivity index (χ4v) is 3.33. The van der Waals surface area contributed by atoms with Crippen LogP contribution in [0.2, 0.25) is 0 Å². The molecule has 9 heteroatoms. The van der Waals surface area contributed by atoms with Crippen molar-refractivity contribution in [2.75, 3.05) is 5.32 Å². The highest BCUT2D eigenvalue weighted by Crippen LogP contribution is 2.36. The highest BCUT2D eigenvalue weighted by Gasteiger charge is 2.21. The number of carbonyl (C=O) groups is 1. The Hall–Kier alpha value is -1.71. The van der Waals surface area contributed by atoms with Crippen molar-refractivity contribution in [3.8, 4) is 0 Å². The number of alkyl halides is 2. The summed E-state index contributed by atoms with van der Waals surface area (Å²) in [5, 5.41) is 10.2. The van der Waals surface area contributed by atoms with Crippen molar-refractivity contribution in [2.45, 2.75) is 43.4 Å². The molecular formula is C20H24F2N2O2S3. The van der Waals surface area contributed by atoms with Crippen LogP contribution in [0.25, 0.3) is 0 Å². The van der Waals surface area contributed by atoms with Crippen LogP contribution in [0.5, 0.6) is 0 Å². The van der Waals surface area contributed by atoms with Crippen LogP contribution in [-0.4, -0.2) is 17.9 Å². The molecule has 0 heterocycles. The number of nitrogens with one attached hydrogen (secondary N) is 2. The van der Waals surface area contributed by atoms with Crippen molar-refractivity contribution in [3.63, 3.8) is 0 Å². The largest absolute Gasteiger partial charge is 0.444 e. The van der Waals surface area contributed by atoms with Crippen LogP contribution in [0.15, 0.2) is 47.4 Å². The molecule has 0 fully saturated rings. The van der Waals surface area contributed by atoms with E-state index in [0.29, 0.717) is 16.3 Å². The molecule has 0 atom stereocenters. The Kier molecular flexibility index (Phi) is 10.6. The number of rotatable bonds is 6. The second-order valence-electron chi connectivity index (χ2n) is 6.83. The molecule has 1 amide bonds. The van der Waals surface area contributed by atoms with Crippen molar-refractivity contribution in [2.24, 2.45) is 0 Å². The first-order chi connectivity index (χ1) is 13.7. The Morgan fingerprint density at radius 3 is 2.38 bits per heavy atom. The lowest BCUT2D eigenvalue weighted by Crippen LogP contribution is -2.27. The predicted molar refractivity (Wildman–Crippen MR) is 123 cm³/mol. The molecule has 0 unspecified atom stereocenters. The van der Waals surface area contributed by atoms with Gasteiger partial charge in [0.15, 0.2) is 0 Å². The van der Waals surface area contributed by atoms with Gasteiger partial charge in [-0.25, -0.2) is 13.6 Å². The molecule has 2 aromatic carbocycles. The predicted octanol–water partition coefficient (Wildman–Crippen LogP) is 7.02. The standard InChI is InChI=1S/C20H22F2N2O2S.H2S2/c1-20(2,3)26-19(25)24-17-15(11-23)9-14(18(21)22)10-16(17)27-12-13-7-5-4-6-8-13;1-2/h4-11,18,23H,12H2,1-3H3,(H,24,25);1-2H. The topological polar surface area (TPSA) is 62.2 Å². The zero-order valence-corrected chi connectivity index (χ0v) is 18.9. The molecule has 0 saturated carbocycles. The van der Waals surface area contributed by atoms with Crippen LogP contribution in [0.4, 0.5) is 19.3 Å². The van der Waals surface area contributed by atoms with Gasteiger partial charge in [-0.3, -0.25) is 5.32 Å². The quantitative estimate of drug-likeness (QED) is 0.163. The molecule has 2 aromatic rings. The first kappa shape index (κ1) is 25.3. The minimum absolute atomic E-state index is 0.196. The second kappa shape index (κ2) is 12.1. The number of thiol groups is 2. The molecular weight excluding hydrogens is 434 g/mol. The number of ether oxygens (including phenoxy) is 1. The van der Waals surface area contributed by atoms with Crippen LogP contribution in [0, 0.1) is 5.41 Å². The normalized spacial score (nSPS) is 10.8. The van der Waals surface area contributed by atoms with Gasteiger partial charge in [-0.2, -0.15) is 0 Å². The number of benzene rings is 2. The summed E-state index contributed by atoms with van der Waals surface area (Å²) < 4.78 is 31.7. The van der Waals surface area contributed by atoms with Crippen LogP contribution in [0.3, 0.4) is 0 Å². The maximum atomic E-state index is 13.2. The van der Waals surface area contributed by atoms with E-state index in [1.165, 1.54) is 23.9 Å². The molecule has 0 aliphatic carbocycles. The summed E-state index contributed by atoms with van der Waals surface area (Å²) >= 11 is 7.76. The van der Waals surface area contributed by atoms with Crippen LogP contribution in [-0.2, 0) is 10.5 Å². The van der Waals surface area contributed by atoms with Gasteiger partial charge >= 0.3 is 6.09 Å². The van der Waals surface area contributed by atoms with Gasteiger partial charge in [0.05, 0.1) is 5.69 Å². The van der Waals surface area contributed by atoms with E-state index in [1.807, 2.05) is 30.3 Å². The molecule has 0 aromatic heterocycles. The summed E-state index contributed by atoms with van der Waals surface area (Å²) in [5.41, 5.74) is 0.622. The average molecular weight is 459 g/mol. The Labute approximate surface area is 184 Å². The SMILES string of the molecule is CC(C)(C)OC(=O)Nc1c(C=N)cc(C(F)F)cc1SCc1ccccc1.SS. The van der Waals surface area contributed by atoms with Crippen LogP contribution in [0.1, 0.15) is 43.9 Å². The van der Waals surface area contributed by atoms with Gasteiger partial charge in [-0.15, -0.1) is 35.1 Å². The van der Waals surface area contributed by atoms with E-state index in [0.717, 1.165) is 11.8 Å². The molecule has 0 saturated heterocycles. The molecule has 0 spiro atoms. The Morgan fingerprint density at radius 1 is 1.24 bits per heavy atom. The number of thioether (sulfide) groups is 1. The van der Waals surface area contributed by atoms with E-state index >= 15 is 0 Å². The molecule has 29 heavy (non-hydrogen) atoms. The minimum Gasteiger partial charge on any atom is -0.444 e. The van der Waals surface area contributed by atoms with Gasteiger partial charge in [0.2, 0.25) is 0 Å². The third-order valence-corrected chi connectivity index (χ3v) is 4.54. The minimum atomic E-state index is -2.67. The van der Waals surface area contributed by atoms with Crippen molar-refractivity contribution >= 4 is 53.1 Å². The molecule has 0 aliphatic heterocycles. The van der Waals surface area contributed by atoms with Gasteiger partial charge in [0.1, 0.15) is 5.60 Å². The molecule has 2 rings (SSSR count). The Balaban J connectivity index is 0.00000204.